The summed E-state index contributed by atoms with van der Waals surface area (Å²) in [6.07, 6.45) is 0. The molecule has 3 nitrogen and oxygen atoms in total. The molecule has 0 saturated heterocycles. The molecular weight excluding hydrogens is 384 g/mol. The first kappa shape index (κ1) is 21.5. The third-order valence-electron chi connectivity index (χ3n) is 1.52. The van der Waals surface area contributed by atoms with Crippen molar-refractivity contribution in [3.8, 4) is 0 Å². The van der Waals surface area contributed by atoms with Crippen molar-refractivity contribution in [2.45, 2.75) is 0 Å². The molecule has 0 aliphatic rings. The summed E-state index contributed by atoms with van der Waals surface area (Å²) in [4.78, 5) is 14.0. The van der Waals surface area contributed by atoms with Crippen LogP contribution in [0.25, 0.3) is 0 Å². The first-order valence-electron chi connectivity index (χ1n) is 4.57. The van der Waals surface area contributed by atoms with Gasteiger partial charge >= 0.3 is 0 Å². The Bertz CT molecular complexity index is 286. The van der Waals surface area contributed by atoms with E-state index in [1.54, 1.807) is 11.9 Å². The van der Waals surface area contributed by atoms with Crippen LogP contribution in [0.4, 0.5) is 5.69 Å². The molecular formula is C13H21N2OW-3. The quantitative estimate of drug-likeness (QED) is 0.670. The largest absolute Gasteiger partial charge is 0.464 e. The Morgan fingerprint density at radius 3 is 1.76 bits per heavy atom. The molecule has 0 spiro atoms. The van der Waals surface area contributed by atoms with Crippen molar-refractivity contribution in [3.63, 3.8) is 0 Å². The van der Waals surface area contributed by atoms with Gasteiger partial charge in [0.1, 0.15) is 0 Å². The van der Waals surface area contributed by atoms with Gasteiger partial charge in [0.15, 0.2) is 0 Å². The van der Waals surface area contributed by atoms with Crippen LogP contribution in [0.1, 0.15) is 0 Å². The number of carbonyl (C=O) groups is 1. The predicted molar refractivity (Wildman–Crippen MR) is 70.7 cm³/mol. The summed E-state index contributed by atoms with van der Waals surface area (Å²) < 4.78 is 0. The molecule has 0 bridgehead atoms. The van der Waals surface area contributed by atoms with Gasteiger partial charge in [0, 0.05) is 33.8 Å². The average Bonchev–Trinajstić information content (AvgIpc) is 2.17. The number of hydrogen-bond acceptors (Lipinski definition) is 2. The zero-order valence-corrected chi connectivity index (χ0v) is 13.9. The van der Waals surface area contributed by atoms with Crippen molar-refractivity contribution in [2.24, 2.45) is 0 Å². The van der Waals surface area contributed by atoms with E-state index in [4.69, 9.17) is 0 Å². The number of anilines is 1. The molecule has 1 amide bonds. The molecule has 17 heavy (non-hydrogen) atoms. The van der Waals surface area contributed by atoms with Crippen LogP contribution >= 0.6 is 0 Å². The fraction of sp³-hybridized carbons (Fsp3) is 0.231. The summed E-state index contributed by atoms with van der Waals surface area (Å²) in [5.41, 5.74) is 0.868. The maximum atomic E-state index is 10.8. The maximum Gasteiger partial charge on any atom is 0.0864 e. The number of rotatable bonds is 1. The molecule has 1 aromatic rings. The molecule has 1 rings (SSSR count). The van der Waals surface area contributed by atoms with Gasteiger partial charge in [0.05, 0.1) is 5.91 Å². The second-order valence-corrected chi connectivity index (χ2v) is 3.37. The van der Waals surface area contributed by atoms with E-state index >= 15 is 0 Å². The fourth-order valence-electron chi connectivity index (χ4n) is 0.796. The van der Waals surface area contributed by atoms with Crippen LogP contribution in [0.2, 0.25) is 0 Å². The number of nitrogens with zero attached hydrogens (tertiary/aromatic N) is 2. The third-order valence-corrected chi connectivity index (χ3v) is 1.52. The van der Waals surface area contributed by atoms with Crippen molar-refractivity contribution in [2.75, 3.05) is 26.0 Å². The molecule has 98 valence electrons. The van der Waals surface area contributed by atoms with Crippen molar-refractivity contribution in [1.29, 1.82) is 0 Å². The van der Waals surface area contributed by atoms with Crippen LogP contribution in [0.3, 0.4) is 0 Å². The van der Waals surface area contributed by atoms with Crippen molar-refractivity contribution in [3.05, 3.63) is 51.7 Å². The van der Waals surface area contributed by atoms with Gasteiger partial charge in [-0.3, -0.25) is 7.05 Å². The number of hydrogen-bond donors (Lipinski definition) is 0. The molecule has 0 radical (unpaired) electrons. The minimum absolute atomic E-state index is 0. The molecule has 0 aromatic heterocycles. The van der Waals surface area contributed by atoms with E-state index in [2.05, 4.69) is 14.0 Å². The normalized spacial score (nSPS) is 8.06. The van der Waals surface area contributed by atoms with Gasteiger partial charge in [-0.15, -0.1) is 0 Å². The number of carbonyl (C=O) groups excluding carboxylic acids is 1. The number of benzene rings is 1. The van der Waals surface area contributed by atoms with Gasteiger partial charge in [0.25, 0.3) is 0 Å². The molecule has 0 aliphatic heterocycles. The van der Waals surface area contributed by atoms with E-state index in [1.807, 2.05) is 44.4 Å². The first-order chi connectivity index (χ1) is 6.95. The first-order valence-corrected chi connectivity index (χ1v) is 4.57. The second-order valence-electron chi connectivity index (χ2n) is 3.37. The molecule has 0 aliphatic carbocycles. The molecule has 0 fully saturated rings. The van der Waals surface area contributed by atoms with E-state index in [-0.39, 0.29) is 34.4 Å². The van der Waals surface area contributed by atoms with Crippen molar-refractivity contribution >= 4 is 11.6 Å². The predicted octanol–water partition coefficient (Wildman–Crippen LogP) is 2.27. The maximum absolute atomic E-state index is 10.8. The molecule has 4 heteroatoms. The zero-order chi connectivity index (χ0) is 11.8. The summed E-state index contributed by atoms with van der Waals surface area (Å²) in [6, 6.07) is 9.40. The molecule has 0 N–H and O–H groups in total. The SMILES string of the molecule is [CH2-]C(=O)N(C)c1ccccc1.[CH2-]N(C)C.[CH3-].[W]. The van der Waals surface area contributed by atoms with Gasteiger partial charge in [0.2, 0.25) is 0 Å². The summed E-state index contributed by atoms with van der Waals surface area (Å²) in [6.45, 7) is 3.30. The zero-order valence-electron chi connectivity index (χ0n) is 11.0. The Morgan fingerprint density at radius 1 is 1.12 bits per heavy atom. The van der Waals surface area contributed by atoms with Crippen LogP contribution < -0.4 is 4.90 Å². The average molecular weight is 405 g/mol. The standard InChI is InChI=1S/C9H10NO.C3H8N.CH3.W/c1-8(11)10(2)9-6-4-3-5-7-9;1-4(2)3;;/h3-7H,1H2,2H3;1H2,2-3H3;1H3;/q3*-1;. The van der Waals surface area contributed by atoms with E-state index < -0.39 is 0 Å². The number of para-hydroxylation sites is 1. The minimum atomic E-state index is -0.198. The van der Waals surface area contributed by atoms with Gasteiger partial charge in [-0.1, -0.05) is 18.2 Å². The number of amides is 1. The Balaban J connectivity index is -0.000000289. The van der Waals surface area contributed by atoms with Crippen molar-refractivity contribution < 1.29 is 25.9 Å². The monoisotopic (exact) mass is 405 g/mol. The molecule has 0 atom stereocenters. The van der Waals surface area contributed by atoms with Crippen LogP contribution in [0.5, 0.6) is 0 Å². The van der Waals surface area contributed by atoms with Crippen LogP contribution in [-0.4, -0.2) is 32.0 Å². The summed E-state index contributed by atoms with van der Waals surface area (Å²) in [5.74, 6) is -0.198. The molecule has 1 aromatic carbocycles. The Hall–Kier alpha value is -0.792. The second kappa shape index (κ2) is 11.7. The molecule has 0 heterocycles. The van der Waals surface area contributed by atoms with E-state index in [9.17, 15) is 4.79 Å². The van der Waals surface area contributed by atoms with E-state index in [0.29, 0.717) is 0 Å². The van der Waals surface area contributed by atoms with E-state index in [0.717, 1.165) is 5.69 Å². The van der Waals surface area contributed by atoms with Gasteiger partial charge < -0.3 is 28.9 Å². The van der Waals surface area contributed by atoms with Crippen LogP contribution in [0, 0.1) is 21.4 Å². The van der Waals surface area contributed by atoms with Gasteiger partial charge in [-0.2, -0.15) is 0 Å². The Morgan fingerprint density at radius 2 is 1.47 bits per heavy atom. The van der Waals surface area contributed by atoms with Crippen LogP contribution in [0.15, 0.2) is 30.3 Å². The Labute approximate surface area is 120 Å². The molecule has 0 unspecified atom stereocenters. The molecule has 0 saturated carbocycles. The summed E-state index contributed by atoms with van der Waals surface area (Å²) >= 11 is 0. The topological polar surface area (TPSA) is 23.6 Å². The summed E-state index contributed by atoms with van der Waals surface area (Å²) in [5, 5.41) is 0. The smallest absolute Gasteiger partial charge is 0.0864 e. The van der Waals surface area contributed by atoms with Gasteiger partial charge in [-0.25, -0.2) is 0 Å². The minimum Gasteiger partial charge on any atom is -0.464 e. The fourth-order valence-corrected chi connectivity index (χ4v) is 0.796. The van der Waals surface area contributed by atoms with Crippen molar-refractivity contribution in [1.82, 2.24) is 4.90 Å². The summed E-state index contributed by atoms with van der Waals surface area (Å²) in [7, 11) is 8.95. The van der Waals surface area contributed by atoms with Gasteiger partial charge in [-0.05, 0) is 26.2 Å². The third kappa shape index (κ3) is 11.5. The van der Waals surface area contributed by atoms with E-state index in [1.165, 1.54) is 4.90 Å². The Kier molecular flexibility index (Phi) is 14.8. The van der Waals surface area contributed by atoms with Crippen LogP contribution in [-0.2, 0) is 25.9 Å².